The number of fused-ring (bicyclic) bond motifs is 1. The second-order valence-corrected chi connectivity index (χ2v) is 5.66. The predicted octanol–water partition coefficient (Wildman–Crippen LogP) is 1.24. The summed E-state index contributed by atoms with van der Waals surface area (Å²) in [5, 5.41) is 0. The molecule has 2 aromatic rings. The molecule has 2 aliphatic heterocycles. The molecule has 1 fully saturated rings. The van der Waals surface area contributed by atoms with Gasteiger partial charge in [-0.25, -0.2) is 9.97 Å². The summed E-state index contributed by atoms with van der Waals surface area (Å²) < 4.78 is 5.55. The molecule has 0 unspecified atom stereocenters. The van der Waals surface area contributed by atoms with Crippen LogP contribution in [0, 0.1) is 6.92 Å². The van der Waals surface area contributed by atoms with E-state index in [2.05, 4.69) is 30.9 Å². The van der Waals surface area contributed by atoms with E-state index >= 15 is 0 Å². The van der Waals surface area contributed by atoms with Crippen molar-refractivity contribution in [3.8, 4) is 0 Å². The Morgan fingerprint density at radius 1 is 1.41 bits per heavy atom. The van der Waals surface area contributed by atoms with Crippen molar-refractivity contribution >= 4 is 23.4 Å². The van der Waals surface area contributed by atoms with Crippen molar-refractivity contribution in [1.29, 1.82) is 0 Å². The van der Waals surface area contributed by atoms with Crippen LogP contribution < -0.4 is 10.6 Å². The molecule has 3 N–H and O–H groups in total. The van der Waals surface area contributed by atoms with Gasteiger partial charge in [0, 0.05) is 36.7 Å². The first-order valence-electron chi connectivity index (χ1n) is 7.41. The number of aryl methyl sites for hydroxylation is 1. The summed E-state index contributed by atoms with van der Waals surface area (Å²) >= 11 is 0. The summed E-state index contributed by atoms with van der Waals surface area (Å²) in [5.74, 6) is 2.09. The first-order chi connectivity index (χ1) is 10.7. The number of hydrogen-bond acceptors (Lipinski definition) is 6. The number of imidazole rings is 1. The third kappa shape index (κ3) is 2.14. The van der Waals surface area contributed by atoms with Crippen molar-refractivity contribution in [2.75, 3.05) is 30.4 Å². The lowest BCUT2D eigenvalue weighted by Gasteiger charge is -2.34. The van der Waals surface area contributed by atoms with Gasteiger partial charge in [-0.15, -0.1) is 0 Å². The number of aromatic amines is 1. The first kappa shape index (κ1) is 13.3. The van der Waals surface area contributed by atoms with E-state index < -0.39 is 0 Å². The molecule has 7 heteroatoms. The van der Waals surface area contributed by atoms with E-state index in [0.717, 1.165) is 48.0 Å². The molecule has 1 atom stereocenters. The molecule has 0 amide bonds. The number of anilines is 2. The molecule has 4 rings (SSSR count). The molecular formula is C15H18N6O. The Labute approximate surface area is 128 Å². The minimum absolute atomic E-state index is 0.311. The number of hydrogen-bond donors (Lipinski definition) is 2. The van der Waals surface area contributed by atoms with Crippen LogP contribution in [0.2, 0.25) is 0 Å². The average Bonchev–Trinajstić information content (AvgIpc) is 3.20. The van der Waals surface area contributed by atoms with Crippen LogP contribution in [-0.4, -0.2) is 45.7 Å². The lowest BCUT2D eigenvalue weighted by molar-refractivity contribution is 0.193. The molecule has 0 spiro atoms. The molecule has 0 aliphatic carbocycles. The monoisotopic (exact) mass is 298 g/mol. The van der Waals surface area contributed by atoms with E-state index in [4.69, 9.17) is 10.5 Å². The zero-order chi connectivity index (χ0) is 15.1. The maximum Gasteiger partial charge on any atom is 0.222 e. The van der Waals surface area contributed by atoms with Gasteiger partial charge in [-0.05, 0) is 19.4 Å². The standard InChI is InChI=1S/C15H18N6O/c1-9-12-6-10(13-17-3-4-18-13)7-21(11-2-5-22-8-11)14(12)20-15(16)19-9/h3-4,6,11H,2,5,7-8H2,1H3,(H,17,18)(H2,16,19,20)/t11-/m1/s1. The van der Waals surface area contributed by atoms with Gasteiger partial charge in [-0.2, -0.15) is 4.98 Å². The number of ether oxygens (including phenoxy) is 1. The first-order valence-corrected chi connectivity index (χ1v) is 7.41. The van der Waals surface area contributed by atoms with Crippen LogP contribution in [0.5, 0.6) is 0 Å². The van der Waals surface area contributed by atoms with Crippen molar-refractivity contribution in [3.05, 3.63) is 29.5 Å². The predicted molar refractivity (Wildman–Crippen MR) is 84.2 cm³/mol. The molecule has 114 valence electrons. The molecule has 2 aromatic heterocycles. The van der Waals surface area contributed by atoms with E-state index in [-0.39, 0.29) is 0 Å². The van der Waals surface area contributed by atoms with Gasteiger partial charge in [0.15, 0.2) is 0 Å². The van der Waals surface area contributed by atoms with Crippen LogP contribution in [-0.2, 0) is 4.74 Å². The number of nitrogens with two attached hydrogens (primary N) is 1. The van der Waals surface area contributed by atoms with Gasteiger partial charge in [0.05, 0.1) is 18.3 Å². The quantitative estimate of drug-likeness (QED) is 0.866. The Morgan fingerprint density at radius 2 is 2.32 bits per heavy atom. The second-order valence-electron chi connectivity index (χ2n) is 5.66. The Bertz CT molecular complexity index is 718. The van der Waals surface area contributed by atoms with E-state index in [9.17, 15) is 0 Å². The Kier molecular flexibility index (Phi) is 3.07. The minimum Gasteiger partial charge on any atom is -0.379 e. The Hall–Kier alpha value is -2.41. The summed E-state index contributed by atoms with van der Waals surface area (Å²) in [5.41, 5.74) is 8.88. The second kappa shape index (κ2) is 5.10. The molecule has 2 aliphatic rings. The Balaban J connectivity index is 1.84. The smallest absolute Gasteiger partial charge is 0.222 e. The maximum absolute atomic E-state index is 5.85. The van der Waals surface area contributed by atoms with Gasteiger partial charge in [0.1, 0.15) is 11.6 Å². The molecule has 0 aromatic carbocycles. The molecule has 1 saturated heterocycles. The van der Waals surface area contributed by atoms with Crippen LogP contribution >= 0.6 is 0 Å². The fraction of sp³-hybridized carbons (Fsp3) is 0.400. The van der Waals surface area contributed by atoms with Gasteiger partial charge < -0.3 is 20.4 Å². The van der Waals surface area contributed by atoms with Crippen molar-refractivity contribution in [1.82, 2.24) is 19.9 Å². The van der Waals surface area contributed by atoms with E-state index in [0.29, 0.717) is 18.6 Å². The molecule has 4 heterocycles. The molecule has 0 saturated carbocycles. The number of nitrogens with one attached hydrogen (secondary N) is 1. The van der Waals surface area contributed by atoms with Gasteiger partial charge in [-0.3, -0.25) is 0 Å². The fourth-order valence-electron chi connectivity index (χ4n) is 3.11. The lowest BCUT2D eigenvalue weighted by Crippen LogP contribution is -2.40. The summed E-state index contributed by atoms with van der Waals surface area (Å²) in [6.07, 6.45) is 6.70. The van der Waals surface area contributed by atoms with Crippen molar-refractivity contribution in [3.63, 3.8) is 0 Å². The van der Waals surface area contributed by atoms with E-state index in [1.165, 1.54) is 0 Å². The van der Waals surface area contributed by atoms with Gasteiger partial charge in [0.2, 0.25) is 5.95 Å². The van der Waals surface area contributed by atoms with Crippen LogP contribution in [0.15, 0.2) is 12.4 Å². The highest BCUT2D eigenvalue weighted by atomic mass is 16.5. The molecule has 0 bridgehead atoms. The lowest BCUT2D eigenvalue weighted by atomic mass is 10.0. The summed E-state index contributed by atoms with van der Waals surface area (Å²) in [7, 11) is 0. The topological polar surface area (TPSA) is 92.9 Å². The van der Waals surface area contributed by atoms with E-state index in [1.54, 1.807) is 6.20 Å². The van der Waals surface area contributed by atoms with Crippen LogP contribution in [0.4, 0.5) is 11.8 Å². The van der Waals surface area contributed by atoms with Crippen LogP contribution in [0.25, 0.3) is 11.6 Å². The fourth-order valence-corrected chi connectivity index (χ4v) is 3.11. The van der Waals surface area contributed by atoms with E-state index in [1.807, 2.05) is 13.1 Å². The van der Waals surface area contributed by atoms with Gasteiger partial charge >= 0.3 is 0 Å². The molecule has 22 heavy (non-hydrogen) atoms. The van der Waals surface area contributed by atoms with Crippen molar-refractivity contribution in [2.24, 2.45) is 0 Å². The largest absolute Gasteiger partial charge is 0.379 e. The summed E-state index contributed by atoms with van der Waals surface area (Å²) in [6, 6.07) is 0.311. The molecule has 0 radical (unpaired) electrons. The maximum atomic E-state index is 5.85. The number of rotatable bonds is 2. The number of nitrogen functional groups attached to an aromatic ring is 1. The zero-order valence-electron chi connectivity index (χ0n) is 12.4. The normalized spacial score (nSPS) is 20.9. The highest BCUT2D eigenvalue weighted by molar-refractivity contribution is 5.89. The van der Waals surface area contributed by atoms with Gasteiger partial charge in [-0.1, -0.05) is 0 Å². The average molecular weight is 298 g/mol. The highest BCUT2D eigenvalue weighted by Crippen LogP contribution is 2.34. The zero-order valence-corrected chi connectivity index (χ0v) is 12.4. The molecule has 7 nitrogen and oxygen atoms in total. The number of aromatic nitrogens is 4. The Morgan fingerprint density at radius 3 is 3.05 bits per heavy atom. The van der Waals surface area contributed by atoms with Crippen molar-refractivity contribution in [2.45, 2.75) is 19.4 Å². The van der Waals surface area contributed by atoms with Crippen LogP contribution in [0.1, 0.15) is 23.5 Å². The minimum atomic E-state index is 0.311. The van der Waals surface area contributed by atoms with Crippen molar-refractivity contribution < 1.29 is 4.74 Å². The van der Waals surface area contributed by atoms with Crippen LogP contribution in [0.3, 0.4) is 0 Å². The summed E-state index contributed by atoms with van der Waals surface area (Å²) in [4.78, 5) is 18.6. The molecular weight excluding hydrogens is 280 g/mol. The SMILES string of the molecule is Cc1nc(N)nc2c1C=C(c1ncc[nH]1)CN2[C@@H]1CCOC1. The highest BCUT2D eigenvalue weighted by Gasteiger charge is 2.31. The number of nitrogens with zero attached hydrogens (tertiary/aromatic N) is 4. The third-order valence-corrected chi connectivity index (χ3v) is 4.21. The third-order valence-electron chi connectivity index (χ3n) is 4.21. The van der Waals surface area contributed by atoms with Gasteiger partial charge in [0.25, 0.3) is 0 Å². The summed E-state index contributed by atoms with van der Waals surface area (Å²) in [6.45, 7) is 4.20. The number of H-pyrrole nitrogens is 1.